The van der Waals surface area contributed by atoms with Gasteiger partial charge in [-0.15, -0.1) is 24.0 Å². The fraction of sp³-hybridized carbons (Fsp3) is 0.600. The molecule has 1 fully saturated rings. The van der Waals surface area contributed by atoms with Gasteiger partial charge in [0.1, 0.15) is 11.9 Å². The second-order valence-corrected chi connectivity index (χ2v) is 7.05. The monoisotopic (exact) mass is 486 g/mol. The van der Waals surface area contributed by atoms with Crippen LogP contribution in [0.3, 0.4) is 0 Å². The molecule has 1 aromatic rings. The fourth-order valence-electron chi connectivity index (χ4n) is 3.68. The van der Waals surface area contributed by atoms with Gasteiger partial charge in [0.25, 0.3) is 0 Å². The van der Waals surface area contributed by atoms with Gasteiger partial charge in [0.05, 0.1) is 6.54 Å². The molecule has 2 aliphatic heterocycles. The first-order valence-corrected chi connectivity index (χ1v) is 9.68. The lowest BCUT2D eigenvalue weighted by Crippen LogP contribution is -2.46. The quantitative estimate of drug-likeness (QED) is 0.381. The van der Waals surface area contributed by atoms with Crippen molar-refractivity contribution in [1.82, 2.24) is 15.5 Å². The number of para-hydroxylation sites is 1. The van der Waals surface area contributed by atoms with E-state index in [2.05, 4.69) is 34.6 Å². The van der Waals surface area contributed by atoms with Crippen molar-refractivity contribution in [3.05, 3.63) is 29.8 Å². The van der Waals surface area contributed by atoms with Crippen molar-refractivity contribution in [3.8, 4) is 5.75 Å². The van der Waals surface area contributed by atoms with Crippen LogP contribution < -0.4 is 15.4 Å². The summed E-state index contributed by atoms with van der Waals surface area (Å²) in [5, 5.41) is 6.13. The fourth-order valence-corrected chi connectivity index (χ4v) is 3.68. The maximum Gasteiger partial charge on any atom is 0.220 e. The van der Waals surface area contributed by atoms with E-state index < -0.39 is 0 Å². The molecule has 2 N–H and O–H groups in total. The predicted molar refractivity (Wildman–Crippen MR) is 119 cm³/mol. The molecule has 0 bridgehead atoms. The minimum absolute atomic E-state index is 0. The van der Waals surface area contributed by atoms with Crippen molar-refractivity contribution in [1.29, 1.82) is 0 Å². The summed E-state index contributed by atoms with van der Waals surface area (Å²) in [5.41, 5.74) is 1.27. The Labute approximate surface area is 179 Å². The van der Waals surface area contributed by atoms with Crippen molar-refractivity contribution in [2.45, 2.75) is 38.7 Å². The Morgan fingerprint density at radius 1 is 1.30 bits per heavy atom. The molecule has 1 saturated heterocycles. The first-order valence-electron chi connectivity index (χ1n) is 9.68. The number of amides is 1. The highest BCUT2D eigenvalue weighted by Gasteiger charge is 2.25. The van der Waals surface area contributed by atoms with Gasteiger partial charge in [0, 0.05) is 39.5 Å². The van der Waals surface area contributed by atoms with Crippen LogP contribution in [-0.2, 0) is 11.2 Å². The number of piperidine rings is 1. The average molecular weight is 486 g/mol. The zero-order chi connectivity index (χ0) is 18.4. The van der Waals surface area contributed by atoms with Gasteiger partial charge in [-0.25, -0.2) is 4.99 Å². The molecule has 6 nitrogen and oxygen atoms in total. The van der Waals surface area contributed by atoms with E-state index in [9.17, 15) is 4.79 Å². The summed E-state index contributed by atoms with van der Waals surface area (Å²) >= 11 is 0. The van der Waals surface area contributed by atoms with Crippen LogP contribution in [0.5, 0.6) is 5.75 Å². The highest BCUT2D eigenvalue weighted by molar-refractivity contribution is 14.0. The molecule has 2 heterocycles. The summed E-state index contributed by atoms with van der Waals surface area (Å²) in [7, 11) is 1.71. The smallest absolute Gasteiger partial charge is 0.220 e. The number of aliphatic imine (C=N–C) groups is 1. The van der Waals surface area contributed by atoms with Crippen LogP contribution in [0, 0.1) is 5.92 Å². The molecule has 1 aromatic carbocycles. The normalized spacial score (nSPS) is 19.7. The number of ether oxygens (including phenoxy) is 1. The van der Waals surface area contributed by atoms with Crippen LogP contribution in [-0.4, -0.2) is 56.1 Å². The van der Waals surface area contributed by atoms with Crippen molar-refractivity contribution in [2.24, 2.45) is 10.9 Å². The Morgan fingerprint density at radius 2 is 2.04 bits per heavy atom. The minimum atomic E-state index is 0. The maximum absolute atomic E-state index is 11.6. The van der Waals surface area contributed by atoms with Crippen molar-refractivity contribution >= 4 is 35.8 Å². The minimum Gasteiger partial charge on any atom is -0.488 e. The summed E-state index contributed by atoms with van der Waals surface area (Å²) in [5.74, 6) is 2.57. The molecule has 7 heteroatoms. The number of guanidine groups is 1. The van der Waals surface area contributed by atoms with Crippen LogP contribution in [0.1, 0.15) is 31.7 Å². The largest absolute Gasteiger partial charge is 0.488 e. The van der Waals surface area contributed by atoms with E-state index >= 15 is 0 Å². The molecule has 0 aliphatic carbocycles. The van der Waals surface area contributed by atoms with E-state index in [1.807, 2.05) is 12.1 Å². The summed E-state index contributed by atoms with van der Waals surface area (Å²) in [6.07, 6.45) is 3.73. The van der Waals surface area contributed by atoms with E-state index in [0.717, 1.165) is 50.6 Å². The molecule has 0 radical (unpaired) electrons. The first kappa shape index (κ1) is 21.8. The molecule has 1 atom stereocenters. The van der Waals surface area contributed by atoms with Gasteiger partial charge < -0.3 is 20.3 Å². The number of halogens is 1. The second-order valence-electron chi connectivity index (χ2n) is 7.05. The van der Waals surface area contributed by atoms with Crippen molar-refractivity contribution in [3.63, 3.8) is 0 Å². The summed E-state index contributed by atoms with van der Waals surface area (Å²) in [6.45, 7) is 5.49. The van der Waals surface area contributed by atoms with Crippen molar-refractivity contribution in [2.75, 3.05) is 33.2 Å². The molecule has 1 amide bonds. The number of fused-ring (bicyclic) bond motifs is 1. The van der Waals surface area contributed by atoms with E-state index in [1.54, 1.807) is 7.05 Å². The molecule has 27 heavy (non-hydrogen) atoms. The van der Waals surface area contributed by atoms with Crippen LogP contribution in [0.2, 0.25) is 0 Å². The number of hydrogen-bond acceptors (Lipinski definition) is 3. The average Bonchev–Trinajstić information content (AvgIpc) is 3.08. The van der Waals surface area contributed by atoms with E-state index in [1.165, 1.54) is 5.56 Å². The molecule has 1 unspecified atom stereocenters. The van der Waals surface area contributed by atoms with Gasteiger partial charge in [0.2, 0.25) is 5.91 Å². The highest BCUT2D eigenvalue weighted by Crippen LogP contribution is 2.28. The topological polar surface area (TPSA) is 66.0 Å². The lowest BCUT2D eigenvalue weighted by Gasteiger charge is -2.34. The number of carbonyl (C=O) groups excluding carboxylic acids is 1. The lowest BCUT2D eigenvalue weighted by atomic mass is 9.93. The van der Waals surface area contributed by atoms with Gasteiger partial charge in [-0.1, -0.05) is 18.2 Å². The Hall–Kier alpha value is -1.51. The lowest BCUT2D eigenvalue weighted by molar-refractivity contribution is -0.121. The number of carbonyl (C=O) groups is 1. The van der Waals surface area contributed by atoms with Crippen LogP contribution in [0.25, 0.3) is 0 Å². The maximum atomic E-state index is 11.6. The standard InChI is InChI=1S/C20H30N4O2.HI/c1-3-22-20(24-10-8-15(9-11-24)12-19(25)21-2)23-14-17-13-16-6-4-5-7-18(16)26-17;/h4-7,15,17H,3,8-14H2,1-2H3,(H,21,25)(H,22,23);1H. The van der Waals surface area contributed by atoms with Gasteiger partial charge in [-0.05, 0) is 37.3 Å². The Morgan fingerprint density at radius 3 is 2.70 bits per heavy atom. The number of rotatable bonds is 5. The third kappa shape index (κ3) is 5.99. The van der Waals surface area contributed by atoms with Gasteiger partial charge in [-0.3, -0.25) is 4.79 Å². The molecular weight excluding hydrogens is 455 g/mol. The van der Waals surface area contributed by atoms with Gasteiger partial charge >= 0.3 is 0 Å². The third-order valence-corrected chi connectivity index (χ3v) is 5.16. The Balaban J connectivity index is 0.00000261. The van der Waals surface area contributed by atoms with Crippen LogP contribution >= 0.6 is 24.0 Å². The Bertz CT molecular complexity index is 620. The van der Waals surface area contributed by atoms with E-state index in [0.29, 0.717) is 18.9 Å². The van der Waals surface area contributed by atoms with Crippen LogP contribution in [0.15, 0.2) is 29.3 Å². The molecular formula is C20H31IN4O2. The number of nitrogens with zero attached hydrogens (tertiary/aromatic N) is 2. The summed E-state index contributed by atoms with van der Waals surface area (Å²) in [4.78, 5) is 18.7. The number of nitrogens with one attached hydrogen (secondary N) is 2. The molecule has 3 rings (SSSR count). The van der Waals surface area contributed by atoms with E-state index in [4.69, 9.17) is 9.73 Å². The zero-order valence-electron chi connectivity index (χ0n) is 16.2. The molecule has 0 aromatic heterocycles. The second kappa shape index (κ2) is 10.7. The molecule has 150 valence electrons. The Kier molecular flexibility index (Phi) is 8.66. The van der Waals surface area contributed by atoms with Crippen molar-refractivity contribution < 1.29 is 9.53 Å². The van der Waals surface area contributed by atoms with E-state index in [-0.39, 0.29) is 36.0 Å². The number of benzene rings is 1. The number of hydrogen-bond donors (Lipinski definition) is 2. The predicted octanol–water partition coefficient (Wildman–Crippen LogP) is 2.42. The van der Waals surface area contributed by atoms with Gasteiger partial charge in [-0.2, -0.15) is 0 Å². The summed E-state index contributed by atoms with van der Waals surface area (Å²) in [6, 6.07) is 8.22. The zero-order valence-corrected chi connectivity index (χ0v) is 18.6. The SMILES string of the molecule is CCNC(=NCC1Cc2ccccc2O1)N1CCC(CC(=O)NC)CC1.I. The third-order valence-electron chi connectivity index (χ3n) is 5.16. The molecule has 0 saturated carbocycles. The molecule has 0 spiro atoms. The summed E-state index contributed by atoms with van der Waals surface area (Å²) < 4.78 is 6.00. The first-order chi connectivity index (χ1) is 12.7. The molecule has 2 aliphatic rings. The van der Waals surface area contributed by atoms with Gasteiger partial charge in [0.15, 0.2) is 5.96 Å². The van der Waals surface area contributed by atoms with Crippen LogP contribution in [0.4, 0.5) is 0 Å². The number of likely N-dealkylation sites (tertiary alicyclic amines) is 1. The highest BCUT2D eigenvalue weighted by atomic mass is 127.